The Bertz CT molecular complexity index is 491. The Morgan fingerprint density at radius 3 is 2.81 bits per heavy atom. The molecule has 0 heterocycles. The van der Waals surface area contributed by atoms with E-state index in [1.165, 1.54) is 31.2 Å². The van der Waals surface area contributed by atoms with Crippen molar-refractivity contribution in [3.63, 3.8) is 0 Å². The molecule has 2 rings (SSSR count). The van der Waals surface area contributed by atoms with Crippen molar-refractivity contribution in [2.45, 2.75) is 51.6 Å². The van der Waals surface area contributed by atoms with Crippen molar-refractivity contribution in [1.29, 1.82) is 5.26 Å². The minimum absolute atomic E-state index is 0.334. The third-order valence-electron chi connectivity index (χ3n) is 4.96. The molecule has 21 heavy (non-hydrogen) atoms. The maximum absolute atomic E-state index is 9.09. The molecular weight excluding hydrogens is 258 g/mol. The molecule has 1 aliphatic rings. The largest absolute Gasteiger partial charge is 0.330 e. The van der Waals surface area contributed by atoms with Gasteiger partial charge in [-0.25, -0.2) is 0 Å². The molecule has 3 unspecified atom stereocenters. The molecule has 0 aliphatic heterocycles. The average molecular weight is 285 g/mol. The predicted molar refractivity (Wildman–Crippen MR) is 86.8 cm³/mol. The molecule has 0 bridgehead atoms. The van der Waals surface area contributed by atoms with E-state index in [2.05, 4.69) is 30.9 Å². The summed E-state index contributed by atoms with van der Waals surface area (Å²) in [5, 5.41) is 9.09. The maximum atomic E-state index is 9.09. The number of nitrogens with zero attached hydrogens (tertiary/aromatic N) is 2. The number of nitriles is 1. The fraction of sp³-hybridized carbons (Fsp3) is 0.611. The fourth-order valence-corrected chi connectivity index (χ4v) is 3.75. The smallest absolute Gasteiger partial charge is 0.0991 e. The molecule has 0 aromatic heterocycles. The van der Waals surface area contributed by atoms with Gasteiger partial charge in [0.2, 0.25) is 0 Å². The molecule has 114 valence electrons. The summed E-state index contributed by atoms with van der Waals surface area (Å²) in [6.07, 6.45) is 5.12. The van der Waals surface area contributed by atoms with Crippen LogP contribution < -0.4 is 5.73 Å². The van der Waals surface area contributed by atoms with E-state index in [4.69, 9.17) is 11.0 Å². The molecule has 1 aromatic carbocycles. The Kier molecular flexibility index (Phi) is 5.78. The van der Waals surface area contributed by atoms with Crippen LogP contribution >= 0.6 is 0 Å². The van der Waals surface area contributed by atoms with Crippen LogP contribution in [0.2, 0.25) is 0 Å². The van der Waals surface area contributed by atoms with Gasteiger partial charge >= 0.3 is 0 Å². The number of benzene rings is 1. The zero-order chi connectivity index (χ0) is 15.2. The van der Waals surface area contributed by atoms with Gasteiger partial charge in [-0.15, -0.1) is 0 Å². The summed E-state index contributed by atoms with van der Waals surface area (Å²) >= 11 is 0. The van der Waals surface area contributed by atoms with E-state index in [9.17, 15) is 0 Å². The second-order valence-corrected chi connectivity index (χ2v) is 6.09. The molecule has 0 amide bonds. The third-order valence-corrected chi connectivity index (χ3v) is 4.96. The van der Waals surface area contributed by atoms with Gasteiger partial charge in [0.15, 0.2) is 0 Å². The van der Waals surface area contributed by atoms with Crippen molar-refractivity contribution in [2.24, 2.45) is 11.7 Å². The summed E-state index contributed by atoms with van der Waals surface area (Å²) in [4.78, 5) is 2.58. The first-order chi connectivity index (χ1) is 10.2. The summed E-state index contributed by atoms with van der Waals surface area (Å²) in [7, 11) is 0. The Hall–Kier alpha value is -1.37. The van der Waals surface area contributed by atoms with Crippen LogP contribution in [-0.4, -0.2) is 24.0 Å². The van der Waals surface area contributed by atoms with Crippen LogP contribution in [-0.2, 0) is 0 Å². The Morgan fingerprint density at radius 1 is 1.38 bits per heavy atom. The van der Waals surface area contributed by atoms with Gasteiger partial charge in [-0.3, -0.25) is 4.90 Å². The number of nitrogens with two attached hydrogens (primary N) is 1. The van der Waals surface area contributed by atoms with Gasteiger partial charge in [0.25, 0.3) is 0 Å². The molecule has 1 saturated carbocycles. The molecule has 0 radical (unpaired) electrons. The first kappa shape index (κ1) is 16.0. The molecular formula is C18H27N3. The summed E-state index contributed by atoms with van der Waals surface area (Å²) < 4.78 is 0. The molecule has 1 aliphatic carbocycles. The van der Waals surface area contributed by atoms with E-state index in [0.717, 1.165) is 18.7 Å². The van der Waals surface area contributed by atoms with Crippen LogP contribution in [0, 0.1) is 17.2 Å². The third kappa shape index (κ3) is 3.64. The van der Waals surface area contributed by atoms with Crippen LogP contribution in [0.3, 0.4) is 0 Å². The fourth-order valence-electron chi connectivity index (χ4n) is 3.75. The maximum Gasteiger partial charge on any atom is 0.0991 e. The standard InChI is InChI=1S/C18H27N3/c1-3-21(18-10-5-4-8-17(18)13-20)14(2)16-9-6-7-15(11-16)12-19/h6-7,9,11,14,17-18H,3-5,8,10,13,20H2,1-2H3. The van der Waals surface area contributed by atoms with Gasteiger partial charge in [0, 0.05) is 12.1 Å². The average Bonchev–Trinajstić information content (AvgIpc) is 2.56. The van der Waals surface area contributed by atoms with E-state index in [1.807, 2.05) is 18.2 Å². The lowest BCUT2D eigenvalue weighted by Gasteiger charge is -2.42. The molecule has 1 aromatic rings. The van der Waals surface area contributed by atoms with Crippen LogP contribution in [0.4, 0.5) is 0 Å². The SMILES string of the molecule is CCN(C(C)c1cccc(C#N)c1)C1CCCCC1CN. The lowest BCUT2D eigenvalue weighted by Crippen LogP contribution is -2.46. The van der Waals surface area contributed by atoms with Crippen LogP contribution in [0.15, 0.2) is 24.3 Å². The van der Waals surface area contributed by atoms with Crippen molar-refractivity contribution in [3.8, 4) is 6.07 Å². The normalized spacial score (nSPS) is 23.8. The summed E-state index contributed by atoms with van der Waals surface area (Å²) in [6, 6.07) is 11.2. The van der Waals surface area contributed by atoms with Gasteiger partial charge in [-0.05, 0) is 56.5 Å². The first-order valence-electron chi connectivity index (χ1n) is 8.17. The van der Waals surface area contributed by atoms with E-state index < -0.39 is 0 Å². The zero-order valence-corrected chi connectivity index (χ0v) is 13.3. The predicted octanol–water partition coefficient (Wildman–Crippen LogP) is 3.46. The molecule has 3 nitrogen and oxygen atoms in total. The van der Waals surface area contributed by atoms with E-state index in [1.54, 1.807) is 0 Å². The highest BCUT2D eigenvalue weighted by Gasteiger charge is 2.31. The zero-order valence-electron chi connectivity index (χ0n) is 13.3. The summed E-state index contributed by atoms with van der Waals surface area (Å²) in [6.45, 7) is 6.29. The van der Waals surface area contributed by atoms with E-state index >= 15 is 0 Å². The van der Waals surface area contributed by atoms with Crippen LogP contribution in [0.25, 0.3) is 0 Å². The van der Waals surface area contributed by atoms with Gasteiger partial charge in [0.05, 0.1) is 11.6 Å². The Labute approximate surface area is 128 Å². The Balaban J connectivity index is 2.20. The lowest BCUT2D eigenvalue weighted by atomic mass is 9.82. The molecule has 0 spiro atoms. The van der Waals surface area contributed by atoms with Crippen molar-refractivity contribution >= 4 is 0 Å². The first-order valence-corrected chi connectivity index (χ1v) is 8.17. The van der Waals surface area contributed by atoms with E-state index in [-0.39, 0.29) is 0 Å². The second kappa shape index (κ2) is 7.59. The number of hydrogen-bond acceptors (Lipinski definition) is 3. The highest BCUT2D eigenvalue weighted by Crippen LogP contribution is 2.33. The second-order valence-electron chi connectivity index (χ2n) is 6.09. The molecule has 3 heteroatoms. The minimum Gasteiger partial charge on any atom is -0.330 e. The van der Waals surface area contributed by atoms with Crippen molar-refractivity contribution in [3.05, 3.63) is 35.4 Å². The molecule has 2 N–H and O–H groups in total. The minimum atomic E-state index is 0.334. The van der Waals surface area contributed by atoms with Gasteiger partial charge in [-0.1, -0.05) is 31.9 Å². The van der Waals surface area contributed by atoms with Gasteiger partial charge in [0.1, 0.15) is 0 Å². The summed E-state index contributed by atoms with van der Waals surface area (Å²) in [5.41, 5.74) is 7.98. The molecule has 3 atom stereocenters. The monoisotopic (exact) mass is 285 g/mol. The topological polar surface area (TPSA) is 53.0 Å². The van der Waals surface area contributed by atoms with Crippen molar-refractivity contribution < 1.29 is 0 Å². The number of hydrogen-bond donors (Lipinski definition) is 1. The van der Waals surface area contributed by atoms with Crippen LogP contribution in [0.5, 0.6) is 0 Å². The van der Waals surface area contributed by atoms with E-state index in [0.29, 0.717) is 18.0 Å². The lowest BCUT2D eigenvalue weighted by molar-refractivity contribution is 0.0769. The molecule has 1 fully saturated rings. The Morgan fingerprint density at radius 2 is 2.14 bits per heavy atom. The van der Waals surface area contributed by atoms with Gasteiger partial charge in [-0.2, -0.15) is 5.26 Å². The number of rotatable bonds is 5. The summed E-state index contributed by atoms with van der Waals surface area (Å²) in [5.74, 6) is 0.611. The van der Waals surface area contributed by atoms with Crippen molar-refractivity contribution in [2.75, 3.05) is 13.1 Å². The van der Waals surface area contributed by atoms with Gasteiger partial charge < -0.3 is 5.73 Å². The quantitative estimate of drug-likeness (QED) is 0.901. The van der Waals surface area contributed by atoms with Crippen LogP contribution in [0.1, 0.15) is 56.7 Å². The highest BCUT2D eigenvalue weighted by molar-refractivity contribution is 5.34. The highest BCUT2D eigenvalue weighted by atomic mass is 15.2. The molecule has 0 saturated heterocycles. The van der Waals surface area contributed by atoms with Crippen molar-refractivity contribution in [1.82, 2.24) is 4.90 Å².